The molecule has 1 N–H and O–H groups in total. The molecule has 0 unspecified atom stereocenters. The van der Waals surface area contributed by atoms with Gasteiger partial charge in [0.2, 0.25) is 5.91 Å². The van der Waals surface area contributed by atoms with Crippen molar-refractivity contribution in [1.82, 2.24) is 20.0 Å². The van der Waals surface area contributed by atoms with E-state index in [2.05, 4.69) is 42.6 Å². The van der Waals surface area contributed by atoms with Crippen LogP contribution in [-0.2, 0) is 17.9 Å². The van der Waals surface area contributed by atoms with Crippen LogP contribution in [0.5, 0.6) is 0 Å². The van der Waals surface area contributed by atoms with Gasteiger partial charge in [-0.25, -0.2) is 0 Å². The molecule has 1 aromatic carbocycles. The number of hydrogen-bond acceptors (Lipinski definition) is 3. The van der Waals surface area contributed by atoms with E-state index >= 15 is 0 Å². The molecule has 0 aliphatic carbocycles. The van der Waals surface area contributed by atoms with Crippen molar-refractivity contribution in [3.63, 3.8) is 0 Å². The normalized spacial score (nSPS) is 18.2. The second-order valence-electron chi connectivity index (χ2n) is 7.13. The molecular formula is C20H28N4O. The highest BCUT2D eigenvalue weighted by Crippen LogP contribution is 2.17. The Kier molecular flexibility index (Phi) is 5.53. The first-order valence-electron chi connectivity index (χ1n) is 9.15. The number of benzene rings is 1. The van der Waals surface area contributed by atoms with Crippen LogP contribution in [0, 0.1) is 6.92 Å². The molecule has 1 aliphatic rings. The zero-order valence-corrected chi connectivity index (χ0v) is 15.4. The Balaban J connectivity index is 1.60. The summed E-state index contributed by atoms with van der Waals surface area (Å²) in [4.78, 5) is 14.8. The van der Waals surface area contributed by atoms with Gasteiger partial charge >= 0.3 is 0 Å². The van der Waals surface area contributed by atoms with Crippen LogP contribution >= 0.6 is 0 Å². The lowest BCUT2D eigenvalue weighted by Crippen LogP contribution is -2.50. The maximum absolute atomic E-state index is 12.8. The van der Waals surface area contributed by atoms with Crippen molar-refractivity contribution in [2.45, 2.75) is 58.8 Å². The molecule has 1 aromatic heterocycles. The van der Waals surface area contributed by atoms with Crippen LogP contribution in [0.3, 0.4) is 0 Å². The van der Waals surface area contributed by atoms with Crippen molar-refractivity contribution in [1.29, 1.82) is 0 Å². The number of aryl methyl sites for hydroxylation is 1. The minimum absolute atomic E-state index is 0.0979. The first kappa shape index (κ1) is 17.7. The Morgan fingerprint density at radius 1 is 1.28 bits per heavy atom. The molecule has 134 valence electrons. The second-order valence-corrected chi connectivity index (χ2v) is 7.13. The molecule has 1 amide bonds. The minimum atomic E-state index is -0.0979. The number of nitrogens with one attached hydrogen (secondary N) is 1. The van der Waals surface area contributed by atoms with Crippen molar-refractivity contribution in [3.05, 3.63) is 53.3 Å². The zero-order chi connectivity index (χ0) is 17.8. The number of carbonyl (C=O) groups is 1. The Morgan fingerprint density at radius 3 is 2.72 bits per heavy atom. The molecule has 2 heterocycles. The maximum atomic E-state index is 12.8. The number of aromatic nitrogens is 2. The first-order valence-corrected chi connectivity index (χ1v) is 9.15. The minimum Gasteiger partial charge on any atom is -0.337 e. The van der Waals surface area contributed by atoms with Gasteiger partial charge in [0.15, 0.2) is 0 Å². The number of piperidine rings is 1. The third-order valence-electron chi connectivity index (χ3n) is 4.83. The largest absolute Gasteiger partial charge is 0.337 e. The van der Waals surface area contributed by atoms with Crippen molar-refractivity contribution in [2.24, 2.45) is 0 Å². The van der Waals surface area contributed by atoms with E-state index in [4.69, 9.17) is 0 Å². The molecular weight excluding hydrogens is 312 g/mol. The fourth-order valence-corrected chi connectivity index (χ4v) is 3.28. The van der Waals surface area contributed by atoms with E-state index in [1.807, 2.05) is 34.7 Å². The maximum Gasteiger partial charge on any atom is 0.240 e. The predicted octanol–water partition coefficient (Wildman–Crippen LogP) is 3.05. The summed E-state index contributed by atoms with van der Waals surface area (Å²) in [5.74, 6) is 0.212. The monoisotopic (exact) mass is 340 g/mol. The lowest BCUT2D eigenvalue weighted by molar-refractivity contribution is -0.136. The standard InChI is InChI=1S/C20H28N4O/c1-15(2)24-14-18(16(3)22-24)12-21-19-10-7-11-23(20(19)25)13-17-8-5-4-6-9-17/h4-6,8-9,14-15,19,21H,7,10-13H2,1-3H3/t19-/m1/s1. The van der Waals surface area contributed by atoms with E-state index in [-0.39, 0.29) is 11.9 Å². The van der Waals surface area contributed by atoms with Crippen LogP contribution in [0.2, 0.25) is 0 Å². The highest BCUT2D eigenvalue weighted by Gasteiger charge is 2.28. The summed E-state index contributed by atoms with van der Waals surface area (Å²) in [5, 5.41) is 8.00. The van der Waals surface area contributed by atoms with Gasteiger partial charge in [0.1, 0.15) is 0 Å². The smallest absolute Gasteiger partial charge is 0.240 e. The molecule has 0 radical (unpaired) electrons. The lowest BCUT2D eigenvalue weighted by atomic mass is 10.0. The zero-order valence-electron chi connectivity index (χ0n) is 15.4. The average molecular weight is 340 g/mol. The van der Waals surface area contributed by atoms with Gasteiger partial charge in [-0.1, -0.05) is 30.3 Å². The number of amides is 1. The van der Waals surface area contributed by atoms with Crippen molar-refractivity contribution < 1.29 is 4.79 Å². The highest BCUT2D eigenvalue weighted by molar-refractivity contribution is 5.82. The van der Waals surface area contributed by atoms with Crippen LogP contribution in [-0.4, -0.2) is 33.2 Å². The molecule has 0 saturated carbocycles. The van der Waals surface area contributed by atoms with Gasteiger partial charge in [0, 0.05) is 37.4 Å². The van der Waals surface area contributed by atoms with Gasteiger partial charge in [-0.05, 0) is 39.2 Å². The van der Waals surface area contributed by atoms with Crippen LogP contribution in [0.25, 0.3) is 0 Å². The Hall–Kier alpha value is -2.14. The summed E-state index contributed by atoms with van der Waals surface area (Å²) in [6.07, 6.45) is 4.03. The van der Waals surface area contributed by atoms with E-state index in [0.29, 0.717) is 19.1 Å². The molecule has 1 saturated heterocycles. The molecule has 5 heteroatoms. The van der Waals surface area contributed by atoms with E-state index in [1.54, 1.807) is 0 Å². The molecule has 5 nitrogen and oxygen atoms in total. The number of rotatable bonds is 6. The van der Waals surface area contributed by atoms with Crippen molar-refractivity contribution in [3.8, 4) is 0 Å². The molecule has 1 fully saturated rings. The first-order chi connectivity index (χ1) is 12.0. The van der Waals surface area contributed by atoms with Gasteiger partial charge < -0.3 is 10.2 Å². The van der Waals surface area contributed by atoms with Gasteiger partial charge in [-0.2, -0.15) is 5.10 Å². The molecule has 1 atom stereocenters. The highest BCUT2D eigenvalue weighted by atomic mass is 16.2. The second kappa shape index (κ2) is 7.83. The van der Waals surface area contributed by atoms with Crippen LogP contribution in [0.1, 0.15) is 49.6 Å². The third-order valence-corrected chi connectivity index (χ3v) is 4.83. The number of likely N-dealkylation sites (tertiary alicyclic amines) is 1. The van der Waals surface area contributed by atoms with E-state index < -0.39 is 0 Å². The van der Waals surface area contributed by atoms with Crippen LogP contribution < -0.4 is 5.32 Å². The van der Waals surface area contributed by atoms with Crippen LogP contribution in [0.15, 0.2) is 36.5 Å². The molecule has 3 rings (SSSR count). The van der Waals surface area contributed by atoms with Gasteiger partial charge in [-0.3, -0.25) is 9.48 Å². The summed E-state index contributed by atoms with van der Waals surface area (Å²) in [6, 6.07) is 10.5. The molecule has 0 bridgehead atoms. The fourth-order valence-electron chi connectivity index (χ4n) is 3.28. The number of carbonyl (C=O) groups excluding carboxylic acids is 1. The van der Waals surface area contributed by atoms with Crippen LogP contribution in [0.4, 0.5) is 0 Å². The third kappa shape index (κ3) is 4.28. The van der Waals surface area contributed by atoms with Crippen molar-refractivity contribution in [2.75, 3.05) is 6.54 Å². The summed E-state index contributed by atoms with van der Waals surface area (Å²) in [5.41, 5.74) is 3.39. The van der Waals surface area contributed by atoms with Gasteiger partial charge in [-0.15, -0.1) is 0 Å². The predicted molar refractivity (Wildman–Crippen MR) is 99.1 cm³/mol. The molecule has 25 heavy (non-hydrogen) atoms. The van der Waals surface area contributed by atoms with Gasteiger partial charge in [0.25, 0.3) is 0 Å². The van der Waals surface area contributed by atoms with E-state index in [9.17, 15) is 4.79 Å². The van der Waals surface area contributed by atoms with E-state index in [0.717, 1.165) is 25.1 Å². The summed E-state index contributed by atoms with van der Waals surface area (Å²) in [6.45, 7) is 8.50. The molecule has 2 aromatic rings. The lowest BCUT2D eigenvalue weighted by Gasteiger charge is -2.33. The van der Waals surface area contributed by atoms with E-state index in [1.165, 1.54) is 11.1 Å². The average Bonchev–Trinajstić information content (AvgIpc) is 2.98. The molecule has 1 aliphatic heterocycles. The Labute approximate surface area is 150 Å². The van der Waals surface area contributed by atoms with Crippen molar-refractivity contribution >= 4 is 5.91 Å². The SMILES string of the molecule is Cc1nn(C(C)C)cc1CN[C@@H]1CCCN(Cc2ccccc2)C1=O. The Morgan fingerprint density at radius 2 is 2.04 bits per heavy atom. The summed E-state index contributed by atoms with van der Waals surface area (Å²) < 4.78 is 1.98. The quantitative estimate of drug-likeness (QED) is 0.879. The molecule has 0 spiro atoms. The number of hydrogen-bond donors (Lipinski definition) is 1. The van der Waals surface area contributed by atoms with Gasteiger partial charge in [0.05, 0.1) is 11.7 Å². The Bertz CT molecular complexity index is 708. The summed E-state index contributed by atoms with van der Waals surface area (Å²) >= 11 is 0. The number of nitrogens with zero attached hydrogens (tertiary/aromatic N) is 3. The topological polar surface area (TPSA) is 50.2 Å². The summed E-state index contributed by atoms with van der Waals surface area (Å²) in [7, 11) is 0. The fraction of sp³-hybridized carbons (Fsp3) is 0.500.